The summed E-state index contributed by atoms with van der Waals surface area (Å²) in [7, 11) is 1.50. The number of hydrogen-bond acceptors (Lipinski definition) is 5. The van der Waals surface area contributed by atoms with Crippen molar-refractivity contribution in [1.29, 1.82) is 0 Å². The van der Waals surface area contributed by atoms with Gasteiger partial charge in [0.2, 0.25) is 0 Å². The van der Waals surface area contributed by atoms with Crippen LogP contribution in [0.4, 0.5) is 10.5 Å². The first-order chi connectivity index (χ1) is 21.9. The first-order valence-corrected chi connectivity index (χ1v) is 19.3. The predicted octanol–water partition coefficient (Wildman–Crippen LogP) is 8.03. The molecule has 10 nitrogen and oxygen atoms in total. The molecule has 0 fully saturated rings. The van der Waals surface area contributed by atoms with Crippen LogP contribution in [0.15, 0.2) is 30.3 Å². The van der Waals surface area contributed by atoms with Crippen LogP contribution < -0.4 is 10.6 Å². The largest absolute Gasteiger partial charge is 0.469 e. The van der Waals surface area contributed by atoms with Crippen molar-refractivity contribution in [2.45, 2.75) is 129 Å². The molecule has 1 unspecified atom stereocenters. The van der Waals surface area contributed by atoms with Crippen LogP contribution in [-0.2, 0) is 13.8 Å². The lowest BCUT2D eigenvalue weighted by Crippen LogP contribution is -2.37. The normalized spacial score (nSPS) is 12.3. The lowest BCUT2D eigenvalue weighted by molar-refractivity contribution is -0.870. The number of carbonyl (C=O) groups excluding carboxylic acids is 1. The predicted molar refractivity (Wildman–Crippen MR) is 190 cm³/mol. The van der Waals surface area contributed by atoms with Gasteiger partial charge in [-0.3, -0.25) is 4.52 Å². The highest BCUT2D eigenvalue weighted by molar-refractivity contribution is 7.46. The summed E-state index contributed by atoms with van der Waals surface area (Å²) in [5, 5.41) is 15.3. The lowest BCUT2D eigenvalue weighted by atomic mass is 10.0. The third-order valence-electron chi connectivity index (χ3n) is 7.50. The summed E-state index contributed by atoms with van der Waals surface area (Å²) >= 11 is 0. The van der Waals surface area contributed by atoms with Crippen LogP contribution in [0.3, 0.4) is 0 Å². The Labute approximate surface area is 280 Å². The minimum atomic E-state index is -4.26. The minimum absolute atomic E-state index is 0.0772. The van der Waals surface area contributed by atoms with Crippen LogP contribution in [-0.4, -0.2) is 85.6 Å². The van der Waals surface area contributed by atoms with Gasteiger partial charge in [0.25, 0.3) is 0 Å². The van der Waals surface area contributed by atoms with Gasteiger partial charge in [-0.1, -0.05) is 134 Å². The zero-order valence-electron chi connectivity index (χ0n) is 29.6. The molecule has 46 heavy (non-hydrogen) atoms. The highest BCUT2D eigenvalue weighted by Gasteiger charge is 2.16. The number of aliphatic hydroxyl groups is 1. The molecule has 0 saturated heterocycles. The SMILES string of the molecule is CCCCCCCCCCCCCCCCCCCCOCC(O)CNC(=O)Nc1ccccc1.C[N+](C)(C)CCOP(=O)(O)O. The number of rotatable bonds is 28. The van der Waals surface area contributed by atoms with Crippen molar-refractivity contribution >= 4 is 19.5 Å². The quantitative estimate of drug-likeness (QED) is 0.0345. The average Bonchev–Trinajstić information content (AvgIpc) is 2.98. The van der Waals surface area contributed by atoms with Gasteiger partial charge in [-0.2, -0.15) is 0 Å². The van der Waals surface area contributed by atoms with Crippen LogP contribution in [0, 0.1) is 0 Å². The van der Waals surface area contributed by atoms with Crippen LogP contribution in [0.5, 0.6) is 0 Å². The summed E-state index contributed by atoms with van der Waals surface area (Å²) in [4.78, 5) is 28.4. The number of anilines is 1. The molecule has 11 heteroatoms. The molecule has 0 spiro atoms. The number of nitrogens with one attached hydrogen (secondary N) is 2. The highest BCUT2D eigenvalue weighted by atomic mass is 31.2. The van der Waals surface area contributed by atoms with E-state index < -0.39 is 13.9 Å². The summed E-state index contributed by atoms with van der Waals surface area (Å²) < 4.78 is 20.6. The molecular formula is C35H69N3O7P+. The van der Waals surface area contributed by atoms with Gasteiger partial charge in [-0.25, -0.2) is 9.36 Å². The van der Waals surface area contributed by atoms with Crippen LogP contribution in [0.2, 0.25) is 0 Å². The number of phosphoric acid groups is 1. The number of unbranched alkanes of at least 4 members (excludes halogenated alkanes) is 17. The van der Waals surface area contributed by atoms with Crippen molar-refractivity contribution in [2.75, 3.05) is 59.4 Å². The van der Waals surface area contributed by atoms with Gasteiger partial charge in [0.1, 0.15) is 13.2 Å². The Kier molecular flexibility index (Phi) is 28.6. The second kappa shape index (κ2) is 29.6. The fourth-order valence-electron chi connectivity index (χ4n) is 4.72. The maximum atomic E-state index is 11.8. The number of hydrogen-bond donors (Lipinski definition) is 5. The van der Waals surface area contributed by atoms with Crippen molar-refractivity contribution in [3.63, 3.8) is 0 Å². The maximum Gasteiger partial charge on any atom is 0.469 e. The zero-order chi connectivity index (χ0) is 34.4. The van der Waals surface area contributed by atoms with Crippen molar-refractivity contribution in [3.05, 3.63) is 30.3 Å². The fraction of sp³-hybridized carbons (Fsp3) is 0.800. The Bertz CT molecular complexity index is 865. The number of quaternary nitrogens is 1. The van der Waals surface area contributed by atoms with E-state index in [9.17, 15) is 14.5 Å². The maximum absolute atomic E-state index is 11.8. The van der Waals surface area contributed by atoms with Crippen LogP contribution in [0.25, 0.3) is 0 Å². The number of aliphatic hydroxyl groups excluding tert-OH is 1. The van der Waals surface area contributed by atoms with Crippen molar-refractivity contribution in [2.24, 2.45) is 0 Å². The standard InChI is InChI=1S/C30H54N2O3.C5H14NO4P/c1-2-3-4-5-6-7-8-9-10-11-12-13-14-15-16-17-18-22-25-35-27-29(33)26-31-30(34)32-28-23-20-19-21-24-28;1-6(2,3)4-5-10-11(7,8)9/h19-21,23-24,29,33H,2-18,22,25-27H2,1H3,(H2,31,32,34);4-5H2,1-3H3,(H-,7,8,9)/p+1. The zero-order valence-corrected chi connectivity index (χ0v) is 30.5. The molecule has 1 rings (SSSR count). The number of carbonyl (C=O) groups is 1. The summed E-state index contributed by atoms with van der Waals surface area (Å²) in [6.45, 7) is 4.04. The summed E-state index contributed by atoms with van der Waals surface area (Å²) in [5.74, 6) is 0. The first-order valence-electron chi connectivity index (χ1n) is 17.8. The van der Waals surface area contributed by atoms with Gasteiger partial charge in [0, 0.05) is 18.8 Å². The number of urea groups is 1. The fourth-order valence-corrected chi connectivity index (χ4v) is 5.04. The Morgan fingerprint density at radius 2 is 1.22 bits per heavy atom. The summed E-state index contributed by atoms with van der Waals surface area (Å²) in [6, 6.07) is 8.93. The van der Waals surface area contributed by atoms with E-state index in [0.29, 0.717) is 17.6 Å². The summed E-state index contributed by atoms with van der Waals surface area (Å²) in [6.07, 6.45) is 23.9. The smallest absolute Gasteiger partial charge is 0.389 e. The molecule has 0 aromatic heterocycles. The van der Waals surface area contributed by atoms with Gasteiger partial charge in [-0.05, 0) is 18.6 Å². The van der Waals surface area contributed by atoms with E-state index in [0.717, 1.165) is 12.1 Å². The second-order valence-electron chi connectivity index (χ2n) is 13.3. The molecule has 270 valence electrons. The Morgan fingerprint density at radius 3 is 1.65 bits per heavy atom. The molecule has 5 N–H and O–H groups in total. The lowest BCUT2D eigenvalue weighted by Gasteiger charge is -2.23. The number of ether oxygens (including phenoxy) is 1. The number of likely N-dealkylation sites (N-methyl/N-ethyl adjacent to an activating group) is 1. The number of phosphoric ester groups is 1. The molecule has 1 aromatic rings. The van der Waals surface area contributed by atoms with E-state index in [1.807, 2.05) is 51.5 Å². The molecular weight excluding hydrogens is 605 g/mol. The Morgan fingerprint density at radius 1 is 0.761 bits per heavy atom. The second-order valence-corrected chi connectivity index (χ2v) is 14.5. The number of benzene rings is 1. The molecule has 2 amide bonds. The Balaban J connectivity index is 0.00000156. The number of amides is 2. The highest BCUT2D eigenvalue weighted by Crippen LogP contribution is 2.35. The van der Waals surface area contributed by atoms with Gasteiger partial charge in [0.05, 0.1) is 33.9 Å². The van der Waals surface area contributed by atoms with Crippen LogP contribution >= 0.6 is 7.82 Å². The minimum Gasteiger partial charge on any atom is -0.389 e. The van der Waals surface area contributed by atoms with E-state index in [-0.39, 0.29) is 25.8 Å². The Hall–Kier alpha value is -1.52. The molecule has 0 aliphatic rings. The van der Waals surface area contributed by atoms with Gasteiger partial charge >= 0.3 is 13.9 Å². The van der Waals surface area contributed by atoms with Crippen molar-refractivity contribution in [3.8, 4) is 0 Å². The van der Waals surface area contributed by atoms with E-state index in [4.69, 9.17) is 14.5 Å². The molecule has 0 saturated carbocycles. The van der Waals surface area contributed by atoms with E-state index in [1.165, 1.54) is 109 Å². The van der Waals surface area contributed by atoms with Crippen molar-refractivity contribution < 1.29 is 38.0 Å². The van der Waals surface area contributed by atoms with E-state index in [1.54, 1.807) is 0 Å². The topological polar surface area (TPSA) is 137 Å². The molecule has 1 aromatic carbocycles. The van der Waals surface area contributed by atoms with Crippen LogP contribution in [0.1, 0.15) is 122 Å². The third-order valence-corrected chi connectivity index (χ3v) is 8.02. The molecule has 0 bridgehead atoms. The third kappa shape index (κ3) is 35.3. The summed E-state index contributed by atoms with van der Waals surface area (Å²) in [5.41, 5.74) is 0.727. The van der Waals surface area contributed by atoms with Gasteiger partial charge in [-0.15, -0.1) is 0 Å². The average molecular weight is 675 g/mol. The molecule has 0 aliphatic carbocycles. The molecule has 0 heterocycles. The van der Waals surface area contributed by atoms with Gasteiger partial charge in [0.15, 0.2) is 0 Å². The monoisotopic (exact) mass is 674 g/mol. The van der Waals surface area contributed by atoms with Gasteiger partial charge < -0.3 is 34.7 Å². The molecule has 0 aliphatic heterocycles. The molecule has 1 atom stereocenters. The van der Waals surface area contributed by atoms with E-state index >= 15 is 0 Å². The van der Waals surface area contributed by atoms with Crippen molar-refractivity contribution in [1.82, 2.24) is 5.32 Å². The first kappa shape index (κ1) is 44.5. The molecule has 0 radical (unpaired) electrons. The number of nitrogens with zero attached hydrogens (tertiary/aromatic N) is 1. The van der Waals surface area contributed by atoms with E-state index in [2.05, 4.69) is 22.1 Å². The number of para-hydroxylation sites is 1.